The number of piperazine rings is 1. The predicted octanol–water partition coefficient (Wildman–Crippen LogP) is 1.07. The zero-order valence-corrected chi connectivity index (χ0v) is 17.6. The fourth-order valence-electron chi connectivity index (χ4n) is 4.62. The van der Waals surface area contributed by atoms with Gasteiger partial charge in [0.1, 0.15) is 6.61 Å². The van der Waals surface area contributed by atoms with Gasteiger partial charge in [-0.05, 0) is 24.1 Å². The zero-order valence-electron chi connectivity index (χ0n) is 17.6. The number of likely N-dealkylation sites (tertiary alicyclic amines) is 1. The van der Waals surface area contributed by atoms with Crippen LogP contribution >= 0.6 is 0 Å². The average molecular weight is 456 g/mol. The molecule has 3 heterocycles. The molecule has 3 aliphatic heterocycles. The number of amides is 3. The number of fused-ring (bicyclic) bond motifs is 1. The Kier molecular flexibility index (Phi) is 6.59. The molecule has 0 spiro atoms. The highest BCUT2D eigenvalue weighted by molar-refractivity contribution is 5.79. The van der Waals surface area contributed by atoms with Gasteiger partial charge in [-0.25, -0.2) is 4.79 Å². The number of hydrogen-bond acceptors (Lipinski definition) is 5. The SMILES string of the molecule is O=C1CO[C@H]2CCN(C(=O)N3CCN(C(CO)c4ccc(C(F)(F)F)cc4)CC3)C[C@H]2N1. The van der Waals surface area contributed by atoms with Gasteiger partial charge in [0.25, 0.3) is 0 Å². The Morgan fingerprint density at radius 2 is 1.81 bits per heavy atom. The Morgan fingerprint density at radius 1 is 1.12 bits per heavy atom. The fraction of sp³-hybridized carbons (Fsp3) is 0.619. The van der Waals surface area contributed by atoms with Crippen molar-refractivity contribution in [3.05, 3.63) is 35.4 Å². The first-order valence-corrected chi connectivity index (χ1v) is 10.7. The molecule has 11 heteroatoms. The molecule has 0 bridgehead atoms. The Balaban J connectivity index is 1.33. The normalized spacial score (nSPS) is 25.8. The molecule has 3 saturated heterocycles. The summed E-state index contributed by atoms with van der Waals surface area (Å²) >= 11 is 0. The number of halogens is 3. The molecular formula is C21H27F3N4O4. The van der Waals surface area contributed by atoms with E-state index in [1.807, 2.05) is 4.90 Å². The van der Waals surface area contributed by atoms with Gasteiger partial charge in [0.15, 0.2) is 0 Å². The van der Waals surface area contributed by atoms with Gasteiger partial charge in [-0.15, -0.1) is 0 Å². The molecular weight excluding hydrogens is 429 g/mol. The zero-order chi connectivity index (χ0) is 22.9. The predicted molar refractivity (Wildman–Crippen MR) is 108 cm³/mol. The molecule has 8 nitrogen and oxygen atoms in total. The summed E-state index contributed by atoms with van der Waals surface area (Å²) in [6.07, 6.45) is -3.81. The van der Waals surface area contributed by atoms with Gasteiger partial charge in [-0.2, -0.15) is 13.2 Å². The summed E-state index contributed by atoms with van der Waals surface area (Å²) in [4.78, 5) is 30.0. The molecule has 4 rings (SSSR count). The number of aliphatic hydroxyl groups excluding tert-OH is 1. The van der Waals surface area contributed by atoms with Crippen LogP contribution in [0.15, 0.2) is 24.3 Å². The van der Waals surface area contributed by atoms with Crippen molar-refractivity contribution in [3.8, 4) is 0 Å². The van der Waals surface area contributed by atoms with Crippen molar-refractivity contribution in [2.24, 2.45) is 0 Å². The number of hydrogen-bond donors (Lipinski definition) is 2. The second kappa shape index (κ2) is 9.24. The monoisotopic (exact) mass is 456 g/mol. The number of aliphatic hydroxyl groups is 1. The van der Waals surface area contributed by atoms with E-state index in [0.29, 0.717) is 51.3 Å². The number of carbonyl (C=O) groups is 2. The van der Waals surface area contributed by atoms with Gasteiger partial charge in [0, 0.05) is 39.3 Å². The fourth-order valence-corrected chi connectivity index (χ4v) is 4.62. The molecule has 176 valence electrons. The van der Waals surface area contributed by atoms with Crippen LogP contribution in [0.5, 0.6) is 0 Å². The van der Waals surface area contributed by atoms with Crippen LogP contribution in [-0.2, 0) is 15.7 Å². The maximum absolute atomic E-state index is 13.0. The third-order valence-corrected chi connectivity index (χ3v) is 6.42. The van der Waals surface area contributed by atoms with E-state index in [1.165, 1.54) is 12.1 Å². The van der Waals surface area contributed by atoms with Crippen LogP contribution in [0.1, 0.15) is 23.6 Å². The van der Waals surface area contributed by atoms with E-state index in [-0.39, 0.29) is 37.3 Å². The maximum atomic E-state index is 13.0. The van der Waals surface area contributed by atoms with Crippen molar-refractivity contribution in [1.82, 2.24) is 20.0 Å². The Bertz CT molecular complexity index is 827. The lowest BCUT2D eigenvalue weighted by Gasteiger charge is -2.44. The molecule has 0 aromatic heterocycles. The molecule has 2 N–H and O–H groups in total. The highest BCUT2D eigenvalue weighted by Crippen LogP contribution is 2.31. The lowest BCUT2D eigenvalue weighted by Crippen LogP contribution is -2.63. The van der Waals surface area contributed by atoms with Crippen molar-refractivity contribution < 1.29 is 32.6 Å². The van der Waals surface area contributed by atoms with Crippen LogP contribution in [0.2, 0.25) is 0 Å². The van der Waals surface area contributed by atoms with E-state index in [2.05, 4.69) is 5.32 Å². The highest BCUT2D eigenvalue weighted by Gasteiger charge is 2.38. The number of urea groups is 1. The molecule has 0 aliphatic carbocycles. The minimum absolute atomic E-state index is 0.0576. The number of nitrogens with zero attached hydrogens (tertiary/aromatic N) is 3. The van der Waals surface area contributed by atoms with Crippen LogP contribution in [0, 0.1) is 0 Å². The molecule has 3 atom stereocenters. The topological polar surface area (TPSA) is 85.4 Å². The van der Waals surface area contributed by atoms with E-state index in [4.69, 9.17) is 4.74 Å². The largest absolute Gasteiger partial charge is 0.416 e. The number of piperidine rings is 1. The number of alkyl halides is 3. The maximum Gasteiger partial charge on any atom is 0.416 e. The first-order valence-electron chi connectivity index (χ1n) is 10.7. The molecule has 32 heavy (non-hydrogen) atoms. The minimum Gasteiger partial charge on any atom is -0.394 e. The summed E-state index contributed by atoms with van der Waals surface area (Å²) in [6.45, 7) is 2.68. The molecule has 3 aliphatic rings. The van der Waals surface area contributed by atoms with Crippen molar-refractivity contribution in [2.45, 2.75) is 30.8 Å². The van der Waals surface area contributed by atoms with Gasteiger partial charge in [-0.1, -0.05) is 12.1 Å². The highest BCUT2D eigenvalue weighted by atomic mass is 19.4. The molecule has 0 saturated carbocycles. The average Bonchev–Trinajstić information content (AvgIpc) is 2.79. The summed E-state index contributed by atoms with van der Waals surface area (Å²) in [5.74, 6) is -0.174. The number of benzene rings is 1. The van der Waals surface area contributed by atoms with Crippen molar-refractivity contribution in [1.29, 1.82) is 0 Å². The van der Waals surface area contributed by atoms with Gasteiger partial charge in [0.05, 0.1) is 30.4 Å². The van der Waals surface area contributed by atoms with Gasteiger partial charge >= 0.3 is 12.2 Å². The van der Waals surface area contributed by atoms with E-state index in [1.54, 1.807) is 9.80 Å². The summed E-state index contributed by atoms with van der Waals surface area (Å²) in [5.41, 5.74) is -0.118. The third-order valence-electron chi connectivity index (χ3n) is 6.42. The summed E-state index contributed by atoms with van der Waals surface area (Å²) in [7, 11) is 0. The lowest BCUT2D eigenvalue weighted by atomic mass is 10.0. The number of ether oxygens (including phenoxy) is 1. The molecule has 1 aromatic carbocycles. The lowest BCUT2D eigenvalue weighted by molar-refractivity contribution is -0.140. The van der Waals surface area contributed by atoms with Crippen molar-refractivity contribution in [3.63, 3.8) is 0 Å². The third kappa shape index (κ3) is 4.84. The Hall–Kier alpha value is -2.37. The smallest absolute Gasteiger partial charge is 0.394 e. The standard InChI is InChI=1S/C21H27F3N4O4/c22-21(23,24)15-3-1-14(2-4-15)17(12-29)26-7-9-27(10-8-26)20(31)28-6-5-18-16(11-28)25-19(30)13-32-18/h1-4,16-18,29H,5-13H2,(H,25,30)/t16-,17?,18+/m1/s1. The van der Waals surface area contributed by atoms with Crippen LogP contribution in [0.25, 0.3) is 0 Å². The molecule has 1 aromatic rings. The van der Waals surface area contributed by atoms with E-state index in [9.17, 15) is 27.9 Å². The summed E-state index contributed by atoms with van der Waals surface area (Å²) in [6, 6.07) is 4.11. The number of rotatable bonds is 3. The first kappa shape index (κ1) is 22.8. The van der Waals surface area contributed by atoms with Crippen LogP contribution in [0.4, 0.5) is 18.0 Å². The number of nitrogens with one attached hydrogen (secondary N) is 1. The van der Waals surface area contributed by atoms with Crippen molar-refractivity contribution in [2.75, 3.05) is 52.5 Å². The molecule has 0 radical (unpaired) electrons. The summed E-state index contributed by atoms with van der Waals surface area (Å²) in [5, 5.41) is 12.8. The quantitative estimate of drug-likeness (QED) is 0.711. The summed E-state index contributed by atoms with van der Waals surface area (Å²) < 4.78 is 44.0. The van der Waals surface area contributed by atoms with E-state index >= 15 is 0 Å². The first-order chi connectivity index (χ1) is 15.3. The van der Waals surface area contributed by atoms with E-state index < -0.39 is 17.8 Å². The van der Waals surface area contributed by atoms with Crippen LogP contribution < -0.4 is 5.32 Å². The second-order valence-corrected chi connectivity index (χ2v) is 8.38. The van der Waals surface area contributed by atoms with Crippen LogP contribution in [0.3, 0.4) is 0 Å². The van der Waals surface area contributed by atoms with Crippen LogP contribution in [-0.4, -0.2) is 96.4 Å². The Labute approximate surface area is 183 Å². The number of carbonyl (C=O) groups excluding carboxylic acids is 2. The molecule has 1 unspecified atom stereocenters. The van der Waals surface area contributed by atoms with E-state index in [0.717, 1.165) is 12.1 Å². The van der Waals surface area contributed by atoms with Gasteiger partial charge in [-0.3, -0.25) is 9.69 Å². The van der Waals surface area contributed by atoms with Crippen molar-refractivity contribution >= 4 is 11.9 Å². The number of morpholine rings is 1. The molecule has 3 fully saturated rings. The molecule has 3 amide bonds. The van der Waals surface area contributed by atoms with Gasteiger partial charge < -0.3 is 25.0 Å². The Morgan fingerprint density at radius 3 is 2.44 bits per heavy atom. The minimum atomic E-state index is -4.40. The van der Waals surface area contributed by atoms with Gasteiger partial charge in [0.2, 0.25) is 5.91 Å². The second-order valence-electron chi connectivity index (χ2n) is 8.38.